The van der Waals surface area contributed by atoms with E-state index in [-0.39, 0.29) is 23.6 Å². The Morgan fingerprint density at radius 1 is 0.871 bits per heavy atom. The van der Waals surface area contributed by atoms with Crippen LogP contribution in [0.2, 0.25) is 0 Å². The molecule has 0 aliphatic rings. The molecule has 10 heteroatoms. The normalized spacial score (nSPS) is 11.8. The molecule has 0 radical (unpaired) electrons. The fraction of sp³-hybridized carbons (Fsp3) is 0.143. The zero-order valence-electron chi connectivity index (χ0n) is 16.0. The van der Waals surface area contributed by atoms with Crippen LogP contribution in [0.5, 0.6) is 0 Å². The summed E-state index contributed by atoms with van der Waals surface area (Å²) < 4.78 is 63.2. The molecule has 0 bridgehead atoms. The predicted octanol–water partition coefficient (Wildman–Crippen LogP) is 3.28. The van der Waals surface area contributed by atoms with Crippen LogP contribution >= 0.6 is 0 Å². The van der Waals surface area contributed by atoms with Gasteiger partial charge in [-0.15, -0.1) is 0 Å². The second-order valence-electron chi connectivity index (χ2n) is 6.64. The van der Waals surface area contributed by atoms with E-state index in [0.29, 0.717) is 11.1 Å². The van der Waals surface area contributed by atoms with Gasteiger partial charge in [0.05, 0.1) is 5.75 Å². The molecule has 162 valence electrons. The molecule has 0 saturated carbocycles. The maximum atomic E-state index is 12.8. The molecular formula is C21H17F3N2O4S. The lowest BCUT2D eigenvalue weighted by molar-refractivity contribution is -0.173. The van der Waals surface area contributed by atoms with Crippen LogP contribution in [0, 0.1) is 0 Å². The number of ketones is 1. The largest absolute Gasteiger partial charge is 0.471 e. The number of aromatic nitrogens is 1. The van der Waals surface area contributed by atoms with Crippen LogP contribution in [0.15, 0.2) is 72.9 Å². The Morgan fingerprint density at radius 3 is 2.13 bits per heavy atom. The van der Waals surface area contributed by atoms with Crippen molar-refractivity contribution in [2.45, 2.75) is 18.5 Å². The SMILES string of the molecule is O=C(c1ccc(CNC(=O)C(F)(F)F)cc1)c1cccn1S(=O)(=O)Cc1ccccc1. The molecule has 0 unspecified atom stereocenters. The summed E-state index contributed by atoms with van der Waals surface area (Å²) in [6, 6.07) is 16.8. The van der Waals surface area contributed by atoms with E-state index in [1.807, 2.05) is 0 Å². The lowest BCUT2D eigenvalue weighted by Crippen LogP contribution is -2.36. The van der Waals surface area contributed by atoms with Gasteiger partial charge in [0.1, 0.15) is 5.69 Å². The van der Waals surface area contributed by atoms with Gasteiger partial charge in [0.25, 0.3) is 0 Å². The molecule has 0 fully saturated rings. The summed E-state index contributed by atoms with van der Waals surface area (Å²) >= 11 is 0. The lowest BCUT2D eigenvalue weighted by atomic mass is 10.1. The summed E-state index contributed by atoms with van der Waals surface area (Å²) in [5.41, 5.74) is 1.01. The number of halogens is 3. The summed E-state index contributed by atoms with van der Waals surface area (Å²) in [7, 11) is -3.85. The number of nitrogens with zero attached hydrogens (tertiary/aromatic N) is 1. The summed E-state index contributed by atoms with van der Waals surface area (Å²) in [5, 5.41) is 1.74. The van der Waals surface area contributed by atoms with E-state index in [4.69, 9.17) is 0 Å². The van der Waals surface area contributed by atoms with Crippen molar-refractivity contribution in [1.82, 2.24) is 9.29 Å². The van der Waals surface area contributed by atoms with Gasteiger partial charge >= 0.3 is 12.1 Å². The van der Waals surface area contributed by atoms with Crippen LogP contribution in [0.25, 0.3) is 0 Å². The quantitative estimate of drug-likeness (QED) is 0.560. The number of rotatable bonds is 7. The fourth-order valence-electron chi connectivity index (χ4n) is 2.84. The first kappa shape index (κ1) is 22.3. The van der Waals surface area contributed by atoms with E-state index in [9.17, 15) is 31.2 Å². The molecule has 31 heavy (non-hydrogen) atoms. The minimum Gasteiger partial charge on any atom is -0.344 e. The van der Waals surface area contributed by atoms with Crippen molar-refractivity contribution < 1.29 is 31.2 Å². The second kappa shape index (κ2) is 8.76. The Morgan fingerprint density at radius 2 is 1.52 bits per heavy atom. The first-order valence-corrected chi connectivity index (χ1v) is 10.6. The number of carbonyl (C=O) groups is 2. The summed E-state index contributed by atoms with van der Waals surface area (Å²) in [4.78, 5) is 23.7. The topological polar surface area (TPSA) is 85.2 Å². The van der Waals surface area contributed by atoms with Gasteiger partial charge in [-0.1, -0.05) is 54.6 Å². The van der Waals surface area contributed by atoms with Crippen molar-refractivity contribution in [2.75, 3.05) is 0 Å². The van der Waals surface area contributed by atoms with E-state index < -0.39 is 27.9 Å². The molecular weight excluding hydrogens is 433 g/mol. The van der Waals surface area contributed by atoms with Gasteiger partial charge < -0.3 is 5.32 Å². The number of hydrogen-bond acceptors (Lipinski definition) is 4. The number of amides is 1. The van der Waals surface area contributed by atoms with E-state index in [0.717, 1.165) is 3.97 Å². The Bertz CT molecular complexity index is 1190. The maximum Gasteiger partial charge on any atom is 0.471 e. The third kappa shape index (κ3) is 5.40. The molecule has 2 aromatic carbocycles. The Labute approximate surface area is 176 Å². The highest BCUT2D eigenvalue weighted by atomic mass is 32.2. The second-order valence-corrected chi connectivity index (χ2v) is 8.48. The monoisotopic (exact) mass is 450 g/mol. The van der Waals surface area contributed by atoms with Crippen molar-refractivity contribution >= 4 is 21.7 Å². The van der Waals surface area contributed by atoms with Crippen LogP contribution < -0.4 is 5.32 Å². The molecule has 1 N–H and O–H groups in total. The number of alkyl halides is 3. The van der Waals surface area contributed by atoms with Gasteiger partial charge in [0.2, 0.25) is 15.8 Å². The number of nitrogens with one attached hydrogen (secondary N) is 1. The highest BCUT2D eigenvalue weighted by molar-refractivity contribution is 7.89. The standard InChI is InChI=1S/C21H17F3N2O4S/c22-21(23,24)20(28)25-13-15-8-10-17(11-9-15)19(27)18-7-4-12-26(18)31(29,30)14-16-5-2-1-3-6-16/h1-12H,13-14H2,(H,25,28). The van der Waals surface area contributed by atoms with Gasteiger partial charge in [-0.2, -0.15) is 13.2 Å². The van der Waals surface area contributed by atoms with E-state index in [1.165, 1.54) is 42.6 Å². The van der Waals surface area contributed by atoms with Crippen molar-refractivity contribution in [1.29, 1.82) is 0 Å². The van der Waals surface area contributed by atoms with Gasteiger partial charge in [-0.3, -0.25) is 9.59 Å². The molecule has 0 atom stereocenters. The smallest absolute Gasteiger partial charge is 0.344 e. The van der Waals surface area contributed by atoms with Crippen molar-refractivity contribution in [3.8, 4) is 0 Å². The van der Waals surface area contributed by atoms with E-state index in [2.05, 4.69) is 0 Å². The van der Waals surface area contributed by atoms with E-state index in [1.54, 1.807) is 35.6 Å². The number of hydrogen-bond donors (Lipinski definition) is 1. The summed E-state index contributed by atoms with van der Waals surface area (Å²) in [6.45, 7) is -0.366. The fourth-order valence-corrected chi connectivity index (χ4v) is 4.30. The van der Waals surface area contributed by atoms with Crippen molar-refractivity contribution in [3.05, 3.63) is 95.3 Å². The maximum absolute atomic E-state index is 12.8. The first-order valence-electron chi connectivity index (χ1n) is 9.01. The van der Waals surface area contributed by atoms with Crippen LogP contribution in [0.1, 0.15) is 27.2 Å². The third-order valence-electron chi connectivity index (χ3n) is 4.36. The van der Waals surface area contributed by atoms with Gasteiger partial charge in [0.15, 0.2) is 0 Å². The van der Waals surface area contributed by atoms with Gasteiger partial charge in [0, 0.05) is 18.3 Å². The van der Waals surface area contributed by atoms with Gasteiger partial charge in [-0.05, 0) is 23.3 Å². The van der Waals surface area contributed by atoms with Crippen LogP contribution in [0.3, 0.4) is 0 Å². The Kier molecular flexibility index (Phi) is 6.30. The summed E-state index contributed by atoms with van der Waals surface area (Å²) in [5.74, 6) is -2.91. The van der Waals surface area contributed by atoms with Crippen molar-refractivity contribution in [3.63, 3.8) is 0 Å². The van der Waals surface area contributed by atoms with Crippen LogP contribution in [0.4, 0.5) is 13.2 Å². The summed E-state index contributed by atoms with van der Waals surface area (Å²) in [6.07, 6.45) is -3.70. The average Bonchev–Trinajstić information content (AvgIpc) is 3.22. The van der Waals surface area contributed by atoms with Crippen molar-refractivity contribution in [2.24, 2.45) is 0 Å². The lowest BCUT2D eigenvalue weighted by Gasteiger charge is -2.11. The molecule has 3 aromatic rings. The molecule has 0 aliphatic carbocycles. The minimum absolute atomic E-state index is 0.0611. The van der Waals surface area contributed by atoms with Crippen LogP contribution in [-0.2, 0) is 27.1 Å². The molecule has 0 saturated heterocycles. The van der Waals surface area contributed by atoms with Gasteiger partial charge in [-0.25, -0.2) is 12.4 Å². The highest BCUT2D eigenvalue weighted by Crippen LogP contribution is 2.18. The average molecular weight is 450 g/mol. The molecule has 3 rings (SSSR count). The van der Waals surface area contributed by atoms with Crippen LogP contribution in [-0.4, -0.2) is 30.3 Å². The molecule has 0 spiro atoms. The Hall–Kier alpha value is -3.40. The molecule has 1 amide bonds. The number of benzene rings is 2. The highest BCUT2D eigenvalue weighted by Gasteiger charge is 2.38. The predicted molar refractivity (Wildman–Crippen MR) is 107 cm³/mol. The molecule has 1 aromatic heterocycles. The molecule has 6 nitrogen and oxygen atoms in total. The zero-order chi connectivity index (χ0) is 22.6. The first-order chi connectivity index (χ1) is 14.6. The Balaban J connectivity index is 1.76. The van der Waals surface area contributed by atoms with E-state index >= 15 is 0 Å². The number of carbonyl (C=O) groups excluding carboxylic acids is 2. The zero-order valence-corrected chi connectivity index (χ0v) is 16.8. The minimum atomic E-state index is -4.98. The third-order valence-corrected chi connectivity index (χ3v) is 5.98. The molecule has 0 aliphatic heterocycles. The molecule has 1 heterocycles.